The van der Waals surface area contributed by atoms with E-state index in [0.29, 0.717) is 0 Å². The van der Waals surface area contributed by atoms with E-state index in [2.05, 4.69) is 23.1 Å². The lowest BCUT2D eigenvalue weighted by Gasteiger charge is -2.33. The van der Waals surface area contributed by atoms with Crippen LogP contribution in [0, 0.1) is 0 Å². The van der Waals surface area contributed by atoms with Gasteiger partial charge in [0.25, 0.3) is 0 Å². The summed E-state index contributed by atoms with van der Waals surface area (Å²) < 4.78 is 5.30. The fraction of sp³-hybridized carbons (Fsp3) is 0.600. The summed E-state index contributed by atoms with van der Waals surface area (Å²) in [6.07, 6.45) is 7.40. The molecule has 2 rings (SSSR count). The van der Waals surface area contributed by atoms with Gasteiger partial charge in [-0.2, -0.15) is 0 Å². The standard InChI is InChI=1S/C10H14ClNO/c11-9-3-1-2-4-10(9)12-5-7-13-8-6-12/h1,3-4,9H,2,5-8H2. The second-order valence-corrected chi connectivity index (χ2v) is 3.76. The van der Waals surface area contributed by atoms with Crippen molar-refractivity contribution in [2.24, 2.45) is 0 Å². The Hall–Kier alpha value is -0.470. The molecule has 0 spiro atoms. The summed E-state index contributed by atoms with van der Waals surface area (Å²) in [6.45, 7) is 3.60. The molecule has 1 aliphatic heterocycles. The maximum Gasteiger partial charge on any atom is 0.0911 e. The van der Waals surface area contributed by atoms with Crippen molar-refractivity contribution in [2.45, 2.75) is 11.8 Å². The molecule has 1 heterocycles. The Labute approximate surface area is 83.8 Å². The number of alkyl halides is 1. The smallest absolute Gasteiger partial charge is 0.0911 e. The number of hydrogen-bond donors (Lipinski definition) is 0. The number of rotatable bonds is 1. The van der Waals surface area contributed by atoms with Crippen LogP contribution < -0.4 is 0 Å². The first-order valence-corrected chi connectivity index (χ1v) is 5.15. The van der Waals surface area contributed by atoms with Gasteiger partial charge in [-0.1, -0.05) is 18.2 Å². The van der Waals surface area contributed by atoms with Gasteiger partial charge in [-0.15, -0.1) is 11.6 Å². The van der Waals surface area contributed by atoms with E-state index in [1.165, 1.54) is 5.70 Å². The van der Waals surface area contributed by atoms with Crippen LogP contribution in [0.4, 0.5) is 0 Å². The maximum absolute atomic E-state index is 6.18. The Kier molecular flexibility index (Phi) is 2.91. The molecule has 0 aromatic rings. The van der Waals surface area contributed by atoms with E-state index in [4.69, 9.17) is 16.3 Å². The van der Waals surface area contributed by atoms with Crippen LogP contribution in [0.1, 0.15) is 6.42 Å². The van der Waals surface area contributed by atoms with E-state index in [0.717, 1.165) is 32.7 Å². The molecular weight excluding hydrogens is 186 g/mol. The molecule has 2 aliphatic rings. The molecule has 0 N–H and O–H groups in total. The van der Waals surface area contributed by atoms with E-state index < -0.39 is 0 Å². The minimum absolute atomic E-state index is 0.0619. The number of nitrogens with zero attached hydrogens (tertiary/aromatic N) is 1. The van der Waals surface area contributed by atoms with Gasteiger partial charge in [-0.3, -0.25) is 0 Å². The SMILES string of the molecule is ClC1C=CCC=C1N1CCOCC1. The van der Waals surface area contributed by atoms with E-state index in [1.54, 1.807) is 0 Å². The molecule has 0 saturated carbocycles. The summed E-state index contributed by atoms with van der Waals surface area (Å²) in [5, 5.41) is 0.0619. The van der Waals surface area contributed by atoms with E-state index in [9.17, 15) is 0 Å². The summed E-state index contributed by atoms with van der Waals surface area (Å²) >= 11 is 6.18. The van der Waals surface area contributed by atoms with Crippen molar-refractivity contribution in [1.29, 1.82) is 0 Å². The van der Waals surface area contributed by atoms with Crippen molar-refractivity contribution >= 4 is 11.6 Å². The van der Waals surface area contributed by atoms with Gasteiger partial charge in [0.1, 0.15) is 0 Å². The first-order valence-electron chi connectivity index (χ1n) is 4.71. The van der Waals surface area contributed by atoms with Crippen molar-refractivity contribution in [1.82, 2.24) is 4.90 Å². The Bertz CT molecular complexity index is 231. The molecule has 0 amide bonds. The maximum atomic E-state index is 6.18. The van der Waals surface area contributed by atoms with Crippen molar-refractivity contribution in [2.75, 3.05) is 26.3 Å². The zero-order valence-corrected chi connectivity index (χ0v) is 8.33. The van der Waals surface area contributed by atoms with Gasteiger partial charge in [0.15, 0.2) is 0 Å². The van der Waals surface area contributed by atoms with Crippen LogP contribution in [0.5, 0.6) is 0 Å². The second-order valence-electron chi connectivity index (χ2n) is 3.29. The molecule has 3 heteroatoms. The van der Waals surface area contributed by atoms with Crippen LogP contribution in [-0.2, 0) is 4.74 Å². The number of morpholine rings is 1. The second kappa shape index (κ2) is 4.16. The minimum Gasteiger partial charge on any atom is -0.378 e. The topological polar surface area (TPSA) is 12.5 Å². The van der Waals surface area contributed by atoms with Gasteiger partial charge < -0.3 is 9.64 Å². The zero-order valence-electron chi connectivity index (χ0n) is 7.58. The normalized spacial score (nSPS) is 28.8. The summed E-state index contributed by atoms with van der Waals surface area (Å²) in [7, 11) is 0. The van der Waals surface area contributed by atoms with E-state index in [1.807, 2.05) is 0 Å². The first kappa shape index (κ1) is 9.10. The fourth-order valence-electron chi connectivity index (χ4n) is 1.72. The molecule has 1 atom stereocenters. The highest BCUT2D eigenvalue weighted by atomic mass is 35.5. The van der Waals surface area contributed by atoms with Gasteiger partial charge in [0, 0.05) is 18.8 Å². The van der Waals surface area contributed by atoms with Crippen molar-refractivity contribution < 1.29 is 4.74 Å². The lowest BCUT2D eigenvalue weighted by atomic mass is 10.1. The number of ether oxygens (including phenoxy) is 1. The predicted molar refractivity (Wildman–Crippen MR) is 53.9 cm³/mol. The van der Waals surface area contributed by atoms with Crippen molar-refractivity contribution in [3.8, 4) is 0 Å². The largest absolute Gasteiger partial charge is 0.378 e. The van der Waals surface area contributed by atoms with E-state index in [-0.39, 0.29) is 5.38 Å². The Morgan fingerprint density at radius 2 is 2.15 bits per heavy atom. The van der Waals surface area contributed by atoms with Crippen LogP contribution in [0.25, 0.3) is 0 Å². The molecule has 0 radical (unpaired) electrons. The van der Waals surface area contributed by atoms with Gasteiger partial charge in [0.2, 0.25) is 0 Å². The molecule has 1 fully saturated rings. The average molecular weight is 200 g/mol. The number of hydrogen-bond acceptors (Lipinski definition) is 2. The zero-order chi connectivity index (χ0) is 9.10. The minimum atomic E-state index is 0.0619. The monoisotopic (exact) mass is 199 g/mol. The van der Waals surface area contributed by atoms with Crippen LogP contribution in [-0.4, -0.2) is 36.6 Å². The van der Waals surface area contributed by atoms with Crippen LogP contribution >= 0.6 is 11.6 Å². The summed E-state index contributed by atoms with van der Waals surface area (Å²) in [5.74, 6) is 0. The Morgan fingerprint density at radius 3 is 2.85 bits per heavy atom. The Morgan fingerprint density at radius 1 is 1.38 bits per heavy atom. The highest BCUT2D eigenvalue weighted by Crippen LogP contribution is 2.21. The van der Waals surface area contributed by atoms with Gasteiger partial charge >= 0.3 is 0 Å². The van der Waals surface area contributed by atoms with Gasteiger partial charge in [0.05, 0.1) is 18.6 Å². The molecular formula is C10H14ClNO. The molecule has 1 saturated heterocycles. The highest BCUT2D eigenvalue weighted by molar-refractivity contribution is 6.23. The summed E-state index contributed by atoms with van der Waals surface area (Å²) in [5.41, 5.74) is 1.26. The quantitative estimate of drug-likeness (QED) is 0.472. The molecule has 1 aliphatic carbocycles. The molecule has 1 unspecified atom stereocenters. The lowest BCUT2D eigenvalue weighted by molar-refractivity contribution is 0.0527. The molecule has 0 bridgehead atoms. The fourth-order valence-corrected chi connectivity index (χ4v) is 2.05. The number of halogens is 1. The molecule has 13 heavy (non-hydrogen) atoms. The van der Waals surface area contributed by atoms with E-state index >= 15 is 0 Å². The van der Waals surface area contributed by atoms with Crippen molar-refractivity contribution in [3.05, 3.63) is 23.9 Å². The highest BCUT2D eigenvalue weighted by Gasteiger charge is 2.19. The molecule has 72 valence electrons. The number of allylic oxidation sites excluding steroid dienone is 3. The van der Waals surface area contributed by atoms with Gasteiger partial charge in [-0.25, -0.2) is 0 Å². The molecule has 0 aromatic heterocycles. The third-order valence-electron chi connectivity index (χ3n) is 2.43. The van der Waals surface area contributed by atoms with Crippen molar-refractivity contribution in [3.63, 3.8) is 0 Å². The lowest BCUT2D eigenvalue weighted by Crippen LogP contribution is -2.38. The third kappa shape index (κ3) is 2.06. The molecule has 0 aromatic carbocycles. The average Bonchev–Trinajstić information content (AvgIpc) is 2.20. The summed E-state index contributed by atoms with van der Waals surface area (Å²) in [4.78, 5) is 2.32. The third-order valence-corrected chi connectivity index (χ3v) is 2.80. The van der Waals surface area contributed by atoms with Crippen LogP contribution in [0.3, 0.4) is 0 Å². The Balaban J connectivity index is 2.01. The predicted octanol–water partition coefficient (Wildman–Crippen LogP) is 1.77. The first-order chi connectivity index (χ1) is 6.38. The van der Waals surface area contributed by atoms with Crippen LogP contribution in [0.15, 0.2) is 23.9 Å². The van der Waals surface area contributed by atoms with Gasteiger partial charge in [-0.05, 0) is 6.42 Å². The van der Waals surface area contributed by atoms with Crippen LogP contribution in [0.2, 0.25) is 0 Å². The summed E-state index contributed by atoms with van der Waals surface area (Å²) in [6, 6.07) is 0. The molecule has 2 nitrogen and oxygen atoms in total.